The first-order valence-corrected chi connectivity index (χ1v) is 5.46. The number of nitriles is 1. The Morgan fingerprint density at radius 3 is 2.65 bits per heavy atom. The van der Waals surface area contributed by atoms with Crippen molar-refractivity contribution in [1.29, 1.82) is 5.26 Å². The van der Waals surface area contributed by atoms with Crippen molar-refractivity contribution < 1.29 is 9.53 Å². The average Bonchev–Trinajstić information content (AvgIpc) is 2.15. The van der Waals surface area contributed by atoms with Gasteiger partial charge in [-0.25, -0.2) is 4.98 Å². The molecule has 0 unspecified atom stereocenters. The normalized spacial score (nSPS) is 12.6. The van der Waals surface area contributed by atoms with Crippen molar-refractivity contribution >= 4 is 17.6 Å². The molecule has 1 heterocycles. The first kappa shape index (κ1) is 13.5. The minimum Gasteiger partial charge on any atom is -0.459 e. The Morgan fingerprint density at radius 1 is 1.53 bits per heavy atom. The van der Waals surface area contributed by atoms with Crippen molar-refractivity contribution in [3.05, 3.63) is 29.0 Å². The smallest absolute Gasteiger partial charge is 0.330 e. The second kappa shape index (κ2) is 5.15. The number of esters is 1. The summed E-state index contributed by atoms with van der Waals surface area (Å²) in [7, 11) is 0. The van der Waals surface area contributed by atoms with Crippen molar-refractivity contribution in [2.24, 2.45) is 0 Å². The number of ether oxygens (including phenoxy) is 1. The van der Waals surface area contributed by atoms with E-state index < -0.39 is 17.5 Å². The molecule has 1 aromatic heterocycles. The summed E-state index contributed by atoms with van der Waals surface area (Å²) in [5.41, 5.74) is -0.334. The van der Waals surface area contributed by atoms with Gasteiger partial charge in [-0.15, -0.1) is 0 Å². The number of pyridine rings is 1. The fraction of sp³-hybridized carbons (Fsp3) is 0.417. The lowest BCUT2D eigenvalue weighted by Crippen LogP contribution is -2.27. The Labute approximate surface area is 105 Å². The molecule has 17 heavy (non-hydrogen) atoms. The second-order valence-electron chi connectivity index (χ2n) is 4.48. The van der Waals surface area contributed by atoms with Gasteiger partial charge in [0.1, 0.15) is 10.8 Å². The molecule has 0 amide bonds. The van der Waals surface area contributed by atoms with Gasteiger partial charge in [-0.05, 0) is 32.9 Å². The minimum absolute atomic E-state index is 0.242. The topological polar surface area (TPSA) is 63.0 Å². The molecule has 0 saturated carbocycles. The maximum absolute atomic E-state index is 11.8. The second-order valence-corrected chi connectivity index (χ2v) is 4.87. The van der Waals surface area contributed by atoms with E-state index in [1.807, 2.05) is 6.07 Å². The highest BCUT2D eigenvalue weighted by atomic mass is 35.5. The van der Waals surface area contributed by atoms with Gasteiger partial charge in [-0.1, -0.05) is 17.7 Å². The minimum atomic E-state index is -1.05. The molecule has 0 N–H and O–H groups in total. The molecular formula is C12H13ClN2O2. The highest BCUT2D eigenvalue weighted by Gasteiger charge is 2.27. The zero-order valence-electron chi connectivity index (χ0n) is 9.90. The predicted molar refractivity (Wildman–Crippen MR) is 63.4 cm³/mol. The molecule has 0 saturated heterocycles. The van der Waals surface area contributed by atoms with Crippen molar-refractivity contribution in [2.45, 2.75) is 32.3 Å². The van der Waals surface area contributed by atoms with Gasteiger partial charge in [0, 0.05) is 0 Å². The predicted octanol–water partition coefficient (Wildman–Crippen LogP) is 2.68. The third-order valence-corrected chi connectivity index (χ3v) is 2.01. The molecule has 1 atom stereocenters. The zero-order chi connectivity index (χ0) is 13.1. The summed E-state index contributed by atoms with van der Waals surface area (Å²) < 4.78 is 5.14. The maximum Gasteiger partial charge on any atom is 0.330 e. The maximum atomic E-state index is 11.8. The lowest BCUT2D eigenvalue weighted by Gasteiger charge is -2.21. The van der Waals surface area contributed by atoms with Gasteiger partial charge in [-0.2, -0.15) is 5.26 Å². The lowest BCUT2D eigenvalue weighted by atomic mass is 10.1. The summed E-state index contributed by atoms with van der Waals surface area (Å²) in [5, 5.41) is 9.25. The van der Waals surface area contributed by atoms with Crippen LogP contribution in [0.3, 0.4) is 0 Å². The SMILES string of the molecule is CC(C)(C)OC(=O)[C@@H](C#N)c1cccc(Cl)n1. The molecule has 0 aromatic carbocycles. The molecule has 4 nitrogen and oxygen atoms in total. The number of rotatable bonds is 2. The average molecular weight is 253 g/mol. The molecule has 0 aliphatic rings. The standard InChI is InChI=1S/C12H13ClN2O2/c1-12(2,3)17-11(16)8(7-14)9-5-4-6-10(13)15-9/h4-6,8H,1-3H3/t8-/m0/s1. The largest absolute Gasteiger partial charge is 0.459 e. The highest BCUT2D eigenvalue weighted by molar-refractivity contribution is 6.29. The number of carbonyl (C=O) groups is 1. The monoisotopic (exact) mass is 252 g/mol. The third kappa shape index (κ3) is 4.04. The molecule has 0 spiro atoms. The van der Waals surface area contributed by atoms with Crippen LogP contribution in [0.25, 0.3) is 0 Å². The summed E-state index contributed by atoms with van der Waals surface area (Å²) in [6.45, 7) is 5.22. The first-order chi connectivity index (χ1) is 7.83. The lowest BCUT2D eigenvalue weighted by molar-refractivity contribution is -0.155. The van der Waals surface area contributed by atoms with Crippen molar-refractivity contribution in [1.82, 2.24) is 4.98 Å². The van der Waals surface area contributed by atoms with Crippen molar-refractivity contribution in [3.8, 4) is 6.07 Å². The van der Waals surface area contributed by atoms with E-state index >= 15 is 0 Å². The number of hydrogen-bond acceptors (Lipinski definition) is 4. The van der Waals surface area contributed by atoms with Gasteiger partial charge in [0.25, 0.3) is 0 Å². The summed E-state index contributed by atoms with van der Waals surface area (Å²) in [6, 6.07) is 6.66. The summed E-state index contributed by atoms with van der Waals surface area (Å²) >= 11 is 5.71. The molecular weight excluding hydrogens is 240 g/mol. The van der Waals surface area contributed by atoms with Gasteiger partial charge in [0.15, 0.2) is 5.92 Å². The first-order valence-electron chi connectivity index (χ1n) is 5.08. The molecule has 0 aliphatic carbocycles. The molecule has 0 aliphatic heterocycles. The van der Waals surface area contributed by atoms with Crippen LogP contribution in [0.4, 0.5) is 0 Å². The molecule has 0 bridgehead atoms. The zero-order valence-corrected chi connectivity index (χ0v) is 10.7. The van der Waals surface area contributed by atoms with E-state index in [1.165, 1.54) is 0 Å². The van der Waals surface area contributed by atoms with Crippen LogP contribution in [-0.2, 0) is 9.53 Å². The van der Waals surface area contributed by atoms with Gasteiger partial charge >= 0.3 is 5.97 Å². The summed E-state index contributed by atoms with van der Waals surface area (Å²) in [4.78, 5) is 15.7. The fourth-order valence-corrected chi connectivity index (χ4v) is 1.36. The van der Waals surface area contributed by atoms with Crippen molar-refractivity contribution in [3.63, 3.8) is 0 Å². The molecule has 1 aromatic rings. The highest BCUT2D eigenvalue weighted by Crippen LogP contribution is 2.19. The van der Waals surface area contributed by atoms with Crippen LogP contribution in [0.1, 0.15) is 32.4 Å². The summed E-state index contributed by atoms with van der Waals surface area (Å²) in [5.74, 6) is -1.66. The molecule has 1 rings (SSSR count). The van der Waals surface area contributed by atoms with E-state index in [9.17, 15) is 4.79 Å². The number of aromatic nitrogens is 1. The van der Waals surface area contributed by atoms with Crippen LogP contribution in [0, 0.1) is 11.3 Å². The van der Waals surface area contributed by atoms with Gasteiger partial charge in [0.05, 0.1) is 11.8 Å². The van der Waals surface area contributed by atoms with E-state index in [1.54, 1.807) is 39.0 Å². The summed E-state index contributed by atoms with van der Waals surface area (Å²) in [6.07, 6.45) is 0. The van der Waals surface area contributed by atoms with E-state index in [0.29, 0.717) is 5.69 Å². The van der Waals surface area contributed by atoms with E-state index in [0.717, 1.165) is 0 Å². The number of halogens is 1. The van der Waals surface area contributed by atoms with Crippen LogP contribution in [-0.4, -0.2) is 16.6 Å². The Morgan fingerprint density at radius 2 is 2.18 bits per heavy atom. The van der Waals surface area contributed by atoms with E-state index in [4.69, 9.17) is 21.6 Å². The van der Waals surface area contributed by atoms with Crippen molar-refractivity contribution in [2.75, 3.05) is 0 Å². The molecule has 0 fully saturated rings. The van der Waals surface area contributed by atoms with Crippen LogP contribution in [0.2, 0.25) is 5.15 Å². The number of hydrogen-bond donors (Lipinski definition) is 0. The van der Waals surface area contributed by atoms with Crippen LogP contribution < -0.4 is 0 Å². The van der Waals surface area contributed by atoms with Gasteiger partial charge in [-0.3, -0.25) is 4.79 Å². The van der Waals surface area contributed by atoms with Crippen LogP contribution in [0.5, 0.6) is 0 Å². The molecule has 0 radical (unpaired) electrons. The van der Waals surface area contributed by atoms with E-state index in [-0.39, 0.29) is 5.15 Å². The van der Waals surface area contributed by atoms with Crippen LogP contribution in [0.15, 0.2) is 18.2 Å². The van der Waals surface area contributed by atoms with E-state index in [2.05, 4.69) is 4.98 Å². The third-order valence-electron chi connectivity index (χ3n) is 1.80. The molecule has 90 valence electrons. The Hall–Kier alpha value is -1.60. The Balaban J connectivity index is 2.94. The number of carbonyl (C=O) groups excluding carboxylic acids is 1. The Kier molecular flexibility index (Phi) is 4.08. The Bertz CT molecular complexity index is 460. The fourth-order valence-electron chi connectivity index (χ4n) is 1.19. The number of nitrogens with zero attached hydrogens (tertiary/aromatic N) is 2. The van der Waals surface area contributed by atoms with Gasteiger partial charge in [0.2, 0.25) is 0 Å². The molecule has 5 heteroatoms. The van der Waals surface area contributed by atoms with Gasteiger partial charge < -0.3 is 4.74 Å². The van der Waals surface area contributed by atoms with Crippen LogP contribution >= 0.6 is 11.6 Å². The quantitative estimate of drug-likeness (QED) is 0.600.